The fourth-order valence-corrected chi connectivity index (χ4v) is 3.72. The van der Waals surface area contributed by atoms with Gasteiger partial charge >= 0.3 is 0 Å². The Morgan fingerprint density at radius 1 is 1.15 bits per heavy atom. The molecule has 0 saturated carbocycles. The number of anilines is 1. The average molecular weight is 375 g/mol. The predicted octanol–water partition coefficient (Wildman–Crippen LogP) is 1.05. The maximum absolute atomic E-state index is 13.0. The van der Waals surface area contributed by atoms with Crippen molar-refractivity contribution >= 4 is 17.8 Å². The van der Waals surface area contributed by atoms with Crippen LogP contribution in [0.15, 0.2) is 0 Å². The Morgan fingerprint density at radius 3 is 2.48 bits per heavy atom. The fourth-order valence-electron chi connectivity index (χ4n) is 3.72. The number of carbonyl (C=O) groups excluding carboxylic acids is 2. The number of rotatable bonds is 5. The summed E-state index contributed by atoms with van der Waals surface area (Å²) in [6.45, 7) is 6.18. The second-order valence-electron chi connectivity index (χ2n) is 7.73. The highest BCUT2D eigenvalue weighted by Crippen LogP contribution is 2.25. The number of nitrogens with one attached hydrogen (secondary N) is 1. The number of aliphatic hydroxyl groups is 1. The molecule has 2 N–H and O–H groups in total. The second-order valence-corrected chi connectivity index (χ2v) is 7.73. The lowest BCUT2D eigenvalue weighted by atomic mass is 10.0. The van der Waals surface area contributed by atoms with Crippen molar-refractivity contribution in [3.05, 3.63) is 17.0 Å². The van der Waals surface area contributed by atoms with Crippen molar-refractivity contribution in [3.8, 4) is 0 Å². The van der Waals surface area contributed by atoms with Crippen molar-refractivity contribution < 1.29 is 14.7 Å². The van der Waals surface area contributed by atoms with Gasteiger partial charge in [-0.15, -0.1) is 0 Å². The molecule has 8 nitrogen and oxygen atoms in total. The first-order valence-corrected chi connectivity index (χ1v) is 9.74. The SMILES string of the molecule is CNc1nc2c(c(C(=O)N3CCCC3)n1)CN(C(=O)[C@@H](O)CC(C)C)CC2. The van der Waals surface area contributed by atoms with Crippen LogP contribution < -0.4 is 5.32 Å². The van der Waals surface area contributed by atoms with E-state index in [1.54, 1.807) is 11.9 Å². The summed E-state index contributed by atoms with van der Waals surface area (Å²) >= 11 is 0. The standard InChI is InChI=1S/C19H29N5O3/c1-12(2)10-15(25)17(26)24-9-6-14-13(11-24)16(22-19(20-3)21-14)18(27)23-7-4-5-8-23/h12,15,25H,4-11H2,1-3H3,(H,20,21,22)/t15-/m0/s1. The number of hydrogen-bond acceptors (Lipinski definition) is 6. The van der Waals surface area contributed by atoms with Gasteiger partial charge in [0.2, 0.25) is 5.95 Å². The van der Waals surface area contributed by atoms with Crippen molar-refractivity contribution in [2.24, 2.45) is 5.92 Å². The van der Waals surface area contributed by atoms with Crippen LogP contribution in [0.25, 0.3) is 0 Å². The van der Waals surface area contributed by atoms with Gasteiger partial charge in [0.15, 0.2) is 0 Å². The molecule has 27 heavy (non-hydrogen) atoms. The largest absolute Gasteiger partial charge is 0.383 e. The molecule has 2 aliphatic rings. The molecule has 1 aromatic rings. The number of hydrogen-bond donors (Lipinski definition) is 2. The van der Waals surface area contributed by atoms with E-state index in [0.29, 0.717) is 36.6 Å². The number of nitrogens with zero attached hydrogens (tertiary/aromatic N) is 4. The van der Waals surface area contributed by atoms with Gasteiger partial charge in [-0.1, -0.05) is 13.8 Å². The third-order valence-electron chi connectivity index (χ3n) is 5.17. The molecule has 3 rings (SSSR count). The Balaban J connectivity index is 1.87. The first-order valence-electron chi connectivity index (χ1n) is 9.74. The van der Waals surface area contributed by atoms with E-state index in [2.05, 4.69) is 15.3 Å². The Hall–Kier alpha value is -2.22. The van der Waals surface area contributed by atoms with Gasteiger partial charge < -0.3 is 20.2 Å². The second kappa shape index (κ2) is 8.21. The van der Waals surface area contributed by atoms with Crippen LogP contribution in [0.2, 0.25) is 0 Å². The zero-order chi connectivity index (χ0) is 19.6. The van der Waals surface area contributed by atoms with E-state index in [1.165, 1.54) is 0 Å². The molecule has 8 heteroatoms. The minimum absolute atomic E-state index is 0.0975. The maximum Gasteiger partial charge on any atom is 0.273 e. The van der Waals surface area contributed by atoms with Gasteiger partial charge in [-0.05, 0) is 25.2 Å². The van der Waals surface area contributed by atoms with Crippen molar-refractivity contribution in [3.63, 3.8) is 0 Å². The molecule has 1 atom stereocenters. The van der Waals surface area contributed by atoms with Crippen molar-refractivity contribution in [2.75, 3.05) is 32.0 Å². The molecule has 0 unspecified atom stereocenters. The summed E-state index contributed by atoms with van der Waals surface area (Å²) in [7, 11) is 1.73. The third-order valence-corrected chi connectivity index (χ3v) is 5.17. The number of amides is 2. The molecule has 2 aliphatic heterocycles. The van der Waals surface area contributed by atoms with Crippen molar-refractivity contribution in [1.29, 1.82) is 0 Å². The number of fused-ring (bicyclic) bond motifs is 1. The van der Waals surface area contributed by atoms with Crippen LogP contribution in [-0.4, -0.2) is 69.5 Å². The minimum Gasteiger partial charge on any atom is -0.383 e. The normalized spacial score (nSPS) is 17.8. The van der Waals surface area contributed by atoms with E-state index in [4.69, 9.17) is 0 Å². The third kappa shape index (κ3) is 4.21. The molecule has 1 saturated heterocycles. The van der Waals surface area contributed by atoms with Crippen LogP contribution in [0.3, 0.4) is 0 Å². The molecule has 2 amide bonds. The van der Waals surface area contributed by atoms with Gasteiger partial charge in [-0.3, -0.25) is 9.59 Å². The quantitative estimate of drug-likeness (QED) is 0.798. The molecule has 1 aromatic heterocycles. The fraction of sp³-hybridized carbons (Fsp3) is 0.684. The maximum atomic E-state index is 13.0. The lowest BCUT2D eigenvalue weighted by molar-refractivity contribution is -0.142. The lowest BCUT2D eigenvalue weighted by Gasteiger charge is -2.31. The molecular formula is C19H29N5O3. The Labute approximate surface area is 160 Å². The van der Waals surface area contributed by atoms with Crippen molar-refractivity contribution in [2.45, 2.75) is 52.2 Å². The van der Waals surface area contributed by atoms with E-state index >= 15 is 0 Å². The average Bonchev–Trinajstić information content (AvgIpc) is 3.19. The summed E-state index contributed by atoms with van der Waals surface area (Å²) in [5.41, 5.74) is 1.89. The Morgan fingerprint density at radius 2 is 1.85 bits per heavy atom. The molecule has 1 fully saturated rings. The van der Waals surface area contributed by atoms with E-state index in [0.717, 1.165) is 31.6 Å². The first-order chi connectivity index (χ1) is 12.9. The number of likely N-dealkylation sites (tertiary alicyclic amines) is 1. The highest BCUT2D eigenvalue weighted by molar-refractivity contribution is 5.94. The molecule has 0 aromatic carbocycles. The van der Waals surface area contributed by atoms with E-state index in [1.807, 2.05) is 18.7 Å². The lowest BCUT2D eigenvalue weighted by Crippen LogP contribution is -2.44. The van der Waals surface area contributed by atoms with E-state index in [-0.39, 0.29) is 24.3 Å². The van der Waals surface area contributed by atoms with Gasteiger partial charge in [0.25, 0.3) is 11.8 Å². The smallest absolute Gasteiger partial charge is 0.273 e. The summed E-state index contributed by atoms with van der Waals surface area (Å²) in [5.74, 6) is 0.275. The predicted molar refractivity (Wildman–Crippen MR) is 101 cm³/mol. The van der Waals surface area contributed by atoms with E-state index in [9.17, 15) is 14.7 Å². The number of aromatic nitrogens is 2. The van der Waals surface area contributed by atoms with E-state index < -0.39 is 6.10 Å². The summed E-state index contributed by atoms with van der Waals surface area (Å²) < 4.78 is 0. The molecule has 148 valence electrons. The summed E-state index contributed by atoms with van der Waals surface area (Å²) in [6.07, 6.45) is 1.97. The number of aliphatic hydroxyl groups excluding tert-OH is 1. The highest BCUT2D eigenvalue weighted by Gasteiger charge is 2.32. The first kappa shape index (κ1) is 19.5. The zero-order valence-corrected chi connectivity index (χ0v) is 16.4. The van der Waals surface area contributed by atoms with Crippen LogP contribution in [0, 0.1) is 5.92 Å². The van der Waals surface area contributed by atoms with Crippen molar-refractivity contribution in [1.82, 2.24) is 19.8 Å². The molecular weight excluding hydrogens is 346 g/mol. The van der Waals surface area contributed by atoms with Gasteiger partial charge in [0.05, 0.1) is 5.69 Å². The summed E-state index contributed by atoms with van der Waals surface area (Å²) in [5, 5.41) is 13.1. The number of carbonyl (C=O) groups is 2. The Kier molecular flexibility index (Phi) is 5.94. The molecule has 0 aliphatic carbocycles. The van der Waals surface area contributed by atoms with Crippen LogP contribution in [0.1, 0.15) is 54.9 Å². The van der Waals surface area contributed by atoms with Gasteiger partial charge in [0, 0.05) is 45.2 Å². The summed E-state index contributed by atoms with van der Waals surface area (Å²) in [4.78, 5) is 38.0. The molecule has 0 radical (unpaired) electrons. The van der Waals surface area contributed by atoms with Crippen LogP contribution in [-0.2, 0) is 17.8 Å². The van der Waals surface area contributed by atoms with Gasteiger partial charge in [0.1, 0.15) is 11.8 Å². The Bertz CT molecular complexity index is 716. The molecule has 0 spiro atoms. The topological polar surface area (TPSA) is 98.7 Å². The van der Waals surface area contributed by atoms with Gasteiger partial charge in [-0.25, -0.2) is 9.97 Å². The monoisotopic (exact) mass is 375 g/mol. The summed E-state index contributed by atoms with van der Waals surface area (Å²) in [6, 6.07) is 0. The van der Waals surface area contributed by atoms with Crippen LogP contribution in [0.5, 0.6) is 0 Å². The minimum atomic E-state index is -1.01. The molecule has 0 bridgehead atoms. The zero-order valence-electron chi connectivity index (χ0n) is 16.4. The van der Waals surface area contributed by atoms with Gasteiger partial charge in [-0.2, -0.15) is 0 Å². The van der Waals surface area contributed by atoms with Crippen LogP contribution in [0.4, 0.5) is 5.95 Å². The highest BCUT2D eigenvalue weighted by atomic mass is 16.3. The molecule has 3 heterocycles. The van der Waals surface area contributed by atoms with Crippen LogP contribution >= 0.6 is 0 Å².